The Balaban J connectivity index is 2.15. The van der Waals surface area contributed by atoms with Gasteiger partial charge in [0.15, 0.2) is 5.11 Å². The molecule has 0 aromatic heterocycles. The van der Waals surface area contributed by atoms with Crippen LogP contribution in [0.3, 0.4) is 0 Å². The third kappa shape index (κ3) is 4.19. The second-order valence-electron chi connectivity index (χ2n) is 4.52. The second kappa shape index (κ2) is 7.09. The van der Waals surface area contributed by atoms with E-state index in [0.29, 0.717) is 21.5 Å². The highest BCUT2D eigenvalue weighted by atomic mass is 79.9. The number of carbonyl (C=O) groups is 1. The van der Waals surface area contributed by atoms with Crippen LogP contribution in [0, 0.1) is 6.92 Å². The Labute approximate surface area is 146 Å². The molecular formula is C15H11BrClN2O2S-. The predicted octanol–water partition coefficient (Wildman–Crippen LogP) is 3.58. The summed E-state index contributed by atoms with van der Waals surface area (Å²) in [6.45, 7) is 1.84. The van der Waals surface area contributed by atoms with Crippen LogP contribution >= 0.6 is 39.7 Å². The maximum Gasteiger partial charge on any atom is 0.175 e. The molecule has 0 spiro atoms. The van der Waals surface area contributed by atoms with E-state index in [9.17, 15) is 9.90 Å². The van der Waals surface area contributed by atoms with E-state index in [1.165, 1.54) is 12.1 Å². The third-order valence-corrected chi connectivity index (χ3v) is 3.91. The summed E-state index contributed by atoms with van der Waals surface area (Å²) >= 11 is 14.7. The summed E-state index contributed by atoms with van der Waals surface area (Å²) in [5, 5.41) is 17.7. The maximum absolute atomic E-state index is 10.9. The van der Waals surface area contributed by atoms with E-state index in [4.69, 9.17) is 23.8 Å². The smallest absolute Gasteiger partial charge is 0.175 e. The van der Waals surface area contributed by atoms with Crippen molar-refractivity contribution in [3.8, 4) is 0 Å². The average Bonchev–Trinajstić information content (AvgIpc) is 2.44. The van der Waals surface area contributed by atoms with Gasteiger partial charge >= 0.3 is 0 Å². The molecule has 7 heteroatoms. The number of carboxylic acids is 1. The number of thiocarbonyl (C=S) groups is 1. The molecular weight excluding hydrogens is 388 g/mol. The normalized spacial score (nSPS) is 10.1. The van der Waals surface area contributed by atoms with Crippen LogP contribution in [0.15, 0.2) is 40.9 Å². The lowest BCUT2D eigenvalue weighted by atomic mass is 10.1. The number of anilines is 2. The summed E-state index contributed by atoms with van der Waals surface area (Å²) in [6.07, 6.45) is 0. The van der Waals surface area contributed by atoms with Crippen molar-refractivity contribution in [3.05, 3.63) is 57.0 Å². The van der Waals surface area contributed by atoms with Gasteiger partial charge in [0, 0.05) is 10.2 Å². The van der Waals surface area contributed by atoms with E-state index in [2.05, 4.69) is 26.6 Å². The molecule has 0 aliphatic heterocycles. The van der Waals surface area contributed by atoms with Crippen molar-refractivity contribution in [1.29, 1.82) is 0 Å². The highest BCUT2D eigenvalue weighted by molar-refractivity contribution is 9.10. The van der Waals surface area contributed by atoms with Crippen LogP contribution in [0.5, 0.6) is 0 Å². The largest absolute Gasteiger partial charge is 0.545 e. The van der Waals surface area contributed by atoms with E-state index in [0.717, 1.165) is 10.0 Å². The first-order valence-corrected chi connectivity index (χ1v) is 7.80. The molecule has 2 aromatic rings. The van der Waals surface area contributed by atoms with Gasteiger partial charge in [0.05, 0.1) is 16.7 Å². The lowest BCUT2D eigenvalue weighted by molar-refractivity contribution is -0.255. The van der Waals surface area contributed by atoms with Gasteiger partial charge in [0.1, 0.15) is 0 Å². The van der Waals surface area contributed by atoms with Crippen LogP contribution in [-0.2, 0) is 0 Å². The summed E-state index contributed by atoms with van der Waals surface area (Å²) < 4.78 is 0.861. The van der Waals surface area contributed by atoms with Crippen LogP contribution in [0.4, 0.5) is 11.4 Å². The summed E-state index contributed by atoms with van der Waals surface area (Å²) in [5.74, 6) is -1.24. The fraction of sp³-hybridized carbons (Fsp3) is 0.0667. The number of carbonyl (C=O) groups excluding carboxylic acids is 1. The summed E-state index contributed by atoms with van der Waals surface area (Å²) in [7, 11) is 0. The Morgan fingerprint density at radius 2 is 1.86 bits per heavy atom. The van der Waals surface area contributed by atoms with Crippen molar-refractivity contribution in [2.45, 2.75) is 6.92 Å². The molecule has 0 aliphatic rings. The molecule has 0 unspecified atom stereocenters. The van der Waals surface area contributed by atoms with Crippen LogP contribution in [0.25, 0.3) is 0 Å². The number of rotatable bonds is 3. The van der Waals surface area contributed by atoms with Crippen LogP contribution < -0.4 is 15.7 Å². The minimum Gasteiger partial charge on any atom is -0.545 e. The molecule has 0 saturated heterocycles. The molecule has 0 radical (unpaired) electrons. The van der Waals surface area contributed by atoms with Gasteiger partial charge in [-0.15, -0.1) is 0 Å². The Hall–Kier alpha value is -1.63. The number of aromatic carboxylic acids is 1. The van der Waals surface area contributed by atoms with Crippen LogP contribution in [-0.4, -0.2) is 11.1 Å². The molecule has 0 amide bonds. The summed E-state index contributed by atoms with van der Waals surface area (Å²) in [5.41, 5.74) is 2.18. The first-order chi connectivity index (χ1) is 10.4. The Bertz CT molecular complexity index is 752. The molecule has 2 rings (SSSR count). The predicted molar refractivity (Wildman–Crippen MR) is 94.5 cm³/mol. The highest BCUT2D eigenvalue weighted by Crippen LogP contribution is 2.26. The highest BCUT2D eigenvalue weighted by Gasteiger charge is 2.06. The summed E-state index contributed by atoms with van der Waals surface area (Å²) in [6, 6.07) is 10.0. The van der Waals surface area contributed by atoms with Gasteiger partial charge in [-0.05, 0) is 54.5 Å². The van der Waals surface area contributed by atoms with Crippen molar-refractivity contribution < 1.29 is 9.90 Å². The molecule has 0 atom stereocenters. The fourth-order valence-corrected chi connectivity index (χ4v) is 2.69. The maximum atomic E-state index is 10.9. The van der Waals surface area contributed by atoms with E-state index in [1.54, 1.807) is 18.2 Å². The SMILES string of the molecule is Cc1ccc(C(=O)[O-])cc1NC(=S)Nc1ccc(Br)cc1Cl. The average molecular weight is 399 g/mol. The number of hydrogen-bond acceptors (Lipinski definition) is 3. The van der Waals surface area contributed by atoms with Crippen molar-refractivity contribution in [3.63, 3.8) is 0 Å². The fourth-order valence-electron chi connectivity index (χ4n) is 1.75. The number of hydrogen-bond donors (Lipinski definition) is 2. The quantitative estimate of drug-likeness (QED) is 0.774. The topological polar surface area (TPSA) is 64.2 Å². The Morgan fingerprint density at radius 1 is 1.18 bits per heavy atom. The van der Waals surface area contributed by atoms with Gasteiger partial charge in [0.2, 0.25) is 0 Å². The van der Waals surface area contributed by atoms with Gasteiger partial charge in [-0.2, -0.15) is 0 Å². The number of halogens is 2. The lowest BCUT2D eigenvalue weighted by Crippen LogP contribution is -2.23. The zero-order chi connectivity index (χ0) is 16.3. The summed E-state index contributed by atoms with van der Waals surface area (Å²) in [4.78, 5) is 10.9. The monoisotopic (exact) mass is 397 g/mol. The van der Waals surface area contributed by atoms with Crippen molar-refractivity contribution in [1.82, 2.24) is 0 Å². The van der Waals surface area contributed by atoms with E-state index in [-0.39, 0.29) is 5.56 Å². The standard InChI is InChI=1S/C15H12BrClN2O2S/c1-8-2-3-9(14(20)21)6-13(8)19-15(22)18-12-5-4-10(16)7-11(12)17/h2-7H,1H3,(H,20,21)(H2,18,19,22)/p-1. The Morgan fingerprint density at radius 3 is 2.50 bits per heavy atom. The van der Waals surface area contributed by atoms with Gasteiger partial charge in [-0.1, -0.05) is 39.7 Å². The van der Waals surface area contributed by atoms with Crippen LogP contribution in [0.2, 0.25) is 5.02 Å². The van der Waals surface area contributed by atoms with Crippen LogP contribution in [0.1, 0.15) is 15.9 Å². The van der Waals surface area contributed by atoms with E-state index < -0.39 is 5.97 Å². The number of benzene rings is 2. The van der Waals surface area contributed by atoms with Crippen molar-refractivity contribution in [2.24, 2.45) is 0 Å². The molecule has 4 nitrogen and oxygen atoms in total. The van der Waals surface area contributed by atoms with Gasteiger partial charge in [-0.25, -0.2) is 0 Å². The minimum absolute atomic E-state index is 0.0811. The zero-order valence-corrected chi connectivity index (χ0v) is 14.6. The molecule has 0 aliphatic carbocycles. The third-order valence-electron chi connectivity index (χ3n) is 2.90. The number of carboxylic acid groups (broad SMARTS) is 1. The molecule has 0 heterocycles. The Kier molecular flexibility index (Phi) is 5.39. The van der Waals surface area contributed by atoms with E-state index in [1.807, 2.05) is 13.0 Å². The number of aryl methyl sites for hydroxylation is 1. The first-order valence-electron chi connectivity index (χ1n) is 6.22. The van der Waals surface area contributed by atoms with Crippen molar-refractivity contribution in [2.75, 3.05) is 10.6 Å². The molecule has 0 fully saturated rings. The minimum atomic E-state index is -1.24. The molecule has 114 valence electrons. The molecule has 2 aromatic carbocycles. The zero-order valence-electron chi connectivity index (χ0n) is 11.4. The van der Waals surface area contributed by atoms with Crippen molar-refractivity contribution >= 4 is 62.2 Å². The second-order valence-corrected chi connectivity index (χ2v) is 6.25. The number of nitrogens with one attached hydrogen (secondary N) is 2. The van der Waals surface area contributed by atoms with Gasteiger partial charge in [0.25, 0.3) is 0 Å². The molecule has 0 saturated carbocycles. The molecule has 22 heavy (non-hydrogen) atoms. The lowest BCUT2D eigenvalue weighted by Gasteiger charge is -2.15. The molecule has 2 N–H and O–H groups in total. The molecule has 0 bridgehead atoms. The van der Waals surface area contributed by atoms with Gasteiger partial charge in [-0.3, -0.25) is 0 Å². The van der Waals surface area contributed by atoms with Gasteiger partial charge < -0.3 is 20.5 Å². The van der Waals surface area contributed by atoms with E-state index >= 15 is 0 Å². The first kappa shape index (κ1) is 16.7.